The number of nitrogens with zero attached hydrogens (tertiary/aromatic N) is 1. The average molecular weight is 349 g/mol. The summed E-state index contributed by atoms with van der Waals surface area (Å²) in [7, 11) is 0. The molecule has 0 aliphatic heterocycles. The molecule has 0 saturated carbocycles. The third-order valence-electron chi connectivity index (χ3n) is 3.97. The minimum absolute atomic E-state index is 0.0835. The van der Waals surface area contributed by atoms with Gasteiger partial charge in [-0.3, -0.25) is 4.79 Å². The smallest absolute Gasteiger partial charge is 0.261 e. The molecule has 0 bridgehead atoms. The van der Waals surface area contributed by atoms with Crippen LogP contribution < -0.4 is 4.74 Å². The fourth-order valence-corrected chi connectivity index (χ4v) is 2.63. The summed E-state index contributed by atoms with van der Waals surface area (Å²) >= 11 is 0. The molecule has 0 fully saturated rings. The van der Waals surface area contributed by atoms with Gasteiger partial charge < -0.3 is 9.64 Å². The van der Waals surface area contributed by atoms with Gasteiger partial charge in [0.25, 0.3) is 5.91 Å². The van der Waals surface area contributed by atoms with Crippen LogP contribution in [0.15, 0.2) is 84.9 Å². The summed E-state index contributed by atoms with van der Waals surface area (Å²) in [4.78, 5) is 14.4. The van der Waals surface area contributed by atoms with Crippen LogP contribution in [0.1, 0.15) is 11.1 Å². The van der Waals surface area contributed by atoms with E-state index in [-0.39, 0.29) is 18.3 Å². The maximum atomic E-state index is 13.7. The monoisotopic (exact) mass is 349 g/mol. The Morgan fingerprint density at radius 3 is 1.81 bits per heavy atom. The number of amides is 1. The molecule has 3 rings (SSSR count). The number of carbonyl (C=O) groups excluding carboxylic acids is 1. The molecule has 3 aromatic carbocycles. The first-order chi connectivity index (χ1) is 12.7. The van der Waals surface area contributed by atoms with Crippen LogP contribution in [0.3, 0.4) is 0 Å². The van der Waals surface area contributed by atoms with Gasteiger partial charge in [0.1, 0.15) is 0 Å². The Morgan fingerprint density at radius 1 is 0.769 bits per heavy atom. The highest BCUT2D eigenvalue weighted by Gasteiger charge is 2.16. The second kappa shape index (κ2) is 8.81. The molecule has 0 unspecified atom stereocenters. The molecular weight excluding hydrogens is 329 g/mol. The van der Waals surface area contributed by atoms with Gasteiger partial charge in [0.15, 0.2) is 18.2 Å². The quantitative estimate of drug-likeness (QED) is 0.631. The molecule has 0 atom stereocenters. The zero-order valence-electron chi connectivity index (χ0n) is 14.3. The number of benzene rings is 3. The highest BCUT2D eigenvalue weighted by Crippen LogP contribution is 2.16. The normalized spacial score (nSPS) is 10.3. The lowest BCUT2D eigenvalue weighted by atomic mass is 10.1. The minimum Gasteiger partial charge on any atom is -0.481 e. The van der Waals surface area contributed by atoms with Gasteiger partial charge >= 0.3 is 0 Å². The number of halogens is 1. The van der Waals surface area contributed by atoms with Crippen molar-refractivity contribution >= 4 is 5.91 Å². The molecule has 0 spiro atoms. The van der Waals surface area contributed by atoms with Crippen LogP contribution in [0.5, 0.6) is 5.75 Å². The molecule has 132 valence electrons. The first-order valence-corrected chi connectivity index (χ1v) is 8.45. The lowest BCUT2D eigenvalue weighted by Crippen LogP contribution is -2.34. The van der Waals surface area contributed by atoms with Gasteiger partial charge in [-0.25, -0.2) is 4.39 Å². The summed E-state index contributed by atoms with van der Waals surface area (Å²) in [6.45, 7) is 0.727. The van der Waals surface area contributed by atoms with Crippen molar-refractivity contribution in [3.63, 3.8) is 0 Å². The molecule has 0 N–H and O–H groups in total. The molecule has 3 nitrogen and oxygen atoms in total. The lowest BCUT2D eigenvalue weighted by molar-refractivity contribution is -0.134. The standard InChI is InChI=1S/C22H20FNO2/c23-20-13-7-8-14-21(20)26-17-22(25)24(15-18-9-3-1-4-10-18)16-19-11-5-2-6-12-19/h1-14H,15-17H2. The summed E-state index contributed by atoms with van der Waals surface area (Å²) in [5.41, 5.74) is 2.06. The Morgan fingerprint density at radius 2 is 1.27 bits per heavy atom. The zero-order valence-corrected chi connectivity index (χ0v) is 14.3. The van der Waals surface area contributed by atoms with Gasteiger partial charge in [-0.2, -0.15) is 0 Å². The Hall–Kier alpha value is -3.14. The summed E-state index contributed by atoms with van der Waals surface area (Å²) in [5.74, 6) is -0.584. The molecule has 0 radical (unpaired) electrons. The maximum Gasteiger partial charge on any atom is 0.261 e. The molecule has 0 heterocycles. The second-order valence-electron chi connectivity index (χ2n) is 5.94. The largest absolute Gasteiger partial charge is 0.481 e. The van der Waals surface area contributed by atoms with Gasteiger partial charge in [-0.05, 0) is 23.3 Å². The van der Waals surface area contributed by atoms with E-state index in [9.17, 15) is 9.18 Å². The fourth-order valence-electron chi connectivity index (χ4n) is 2.63. The van der Waals surface area contributed by atoms with Crippen molar-refractivity contribution in [3.8, 4) is 5.75 Å². The Kier molecular flexibility index (Phi) is 5.99. The first-order valence-electron chi connectivity index (χ1n) is 8.45. The van der Waals surface area contributed by atoms with E-state index < -0.39 is 5.82 Å². The van der Waals surface area contributed by atoms with Crippen LogP contribution in [0.4, 0.5) is 4.39 Å². The first kappa shape index (κ1) is 17.7. The van der Waals surface area contributed by atoms with Crippen molar-refractivity contribution in [2.24, 2.45) is 0 Å². The number of para-hydroxylation sites is 1. The van der Waals surface area contributed by atoms with Gasteiger partial charge in [-0.1, -0.05) is 72.8 Å². The summed E-state index contributed by atoms with van der Waals surface area (Å²) in [6.07, 6.45) is 0. The van der Waals surface area contributed by atoms with Crippen LogP contribution >= 0.6 is 0 Å². The van der Waals surface area contributed by atoms with E-state index in [0.29, 0.717) is 13.1 Å². The molecule has 26 heavy (non-hydrogen) atoms. The molecule has 0 aliphatic rings. The van der Waals surface area contributed by atoms with E-state index in [0.717, 1.165) is 11.1 Å². The van der Waals surface area contributed by atoms with E-state index in [1.165, 1.54) is 12.1 Å². The number of ether oxygens (including phenoxy) is 1. The van der Waals surface area contributed by atoms with E-state index in [4.69, 9.17) is 4.74 Å². The van der Waals surface area contributed by atoms with Crippen LogP contribution in [-0.4, -0.2) is 17.4 Å². The highest BCUT2D eigenvalue weighted by atomic mass is 19.1. The third kappa shape index (κ3) is 4.93. The SMILES string of the molecule is O=C(COc1ccccc1F)N(Cc1ccccc1)Cc1ccccc1. The number of hydrogen-bond donors (Lipinski definition) is 0. The Labute approximate surface area is 152 Å². The molecule has 0 aliphatic carbocycles. The van der Waals surface area contributed by atoms with Crippen LogP contribution in [0, 0.1) is 5.82 Å². The van der Waals surface area contributed by atoms with Gasteiger partial charge in [-0.15, -0.1) is 0 Å². The number of rotatable bonds is 7. The molecule has 1 amide bonds. The lowest BCUT2D eigenvalue weighted by Gasteiger charge is -2.23. The van der Waals surface area contributed by atoms with Crippen LogP contribution in [-0.2, 0) is 17.9 Å². The Balaban J connectivity index is 1.71. The maximum absolute atomic E-state index is 13.7. The van der Waals surface area contributed by atoms with E-state index in [2.05, 4.69) is 0 Å². The minimum atomic E-state index is -0.474. The van der Waals surface area contributed by atoms with E-state index >= 15 is 0 Å². The molecule has 3 aromatic rings. The number of carbonyl (C=O) groups is 1. The highest BCUT2D eigenvalue weighted by molar-refractivity contribution is 5.77. The van der Waals surface area contributed by atoms with Gasteiger partial charge in [0.2, 0.25) is 0 Å². The molecule has 4 heteroatoms. The van der Waals surface area contributed by atoms with Gasteiger partial charge in [0.05, 0.1) is 0 Å². The predicted octanol–water partition coefficient (Wildman–Crippen LogP) is 4.43. The Bertz CT molecular complexity index is 796. The summed E-state index contributed by atoms with van der Waals surface area (Å²) in [6, 6.07) is 25.6. The van der Waals surface area contributed by atoms with Crippen molar-refractivity contribution in [3.05, 3.63) is 102 Å². The number of hydrogen-bond acceptors (Lipinski definition) is 2. The summed E-state index contributed by atoms with van der Waals surface area (Å²) in [5, 5.41) is 0. The topological polar surface area (TPSA) is 29.5 Å². The van der Waals surface area contributed by atoms with Crippen molar-refractivity contribution in [2.75, 3.05) is 6.61 Å². The van der Waals surface area contributed by atoms with Crippen molar-refractivity contribution in [1.82, 2.24) is 4.90 Å². The van der Waals surface area contributed by atoms with E-state index in [1.54, 1.807) is 17.0 Å². The van der Waals surface area contributed by atoms with Crippen molar-refractivity contribution in [2.45, 2.75) is 13.1 Å². The van der Waals surface area contributed by atoms with E-state index in [1.807, 2.05) is 60.7 Å². The van der Waals surface area contributed by atoms with Crippen LogP contribution in [0.2, 0.25) is 0 Å². The van der Waals surface area contributed by atoms with Gasteiger partial charge in [0, 0.05) is 13.1 Å². The molecule has 0 aromatic heterocycles. The summed E-state index contributed by atoms with van der Waals surface area (Å²) < 4.78 is 19.1. The molecular formula is C22H20FNO2. The zero-order chi connectivity index (χ0) is 18.2. The second-order valence-corrected chi connectivity index (χ2v) is 5.94. The fraction of sp³-hybridized carbons (Fsp3) is 0.136. The average Bonchev–Trinajstić information content (AvgIpc) is 2.68. The predicted molar refractivity (Wildman–Crippen MR) is 99.0 cm³/mol. The molecule has 0 saturated heterocycles. The van der Waals surface area contributed by atoms with Crippen LogP contribution in [0.25, 0.3) is 0 Å². The third-order valence-corrected chi connectivity index (χ3v) is 3.97. The van der Waals surface area contributed by atoms with Crippen molar-refractivity contribution in [1.29, 1.82) is 0 Å². The van der Waals surface area contributed by atoms with Crippen molar-refractivity contribution < 1.29 is 13.9 Å².